The molecule has 0 aromatic heterocycles. The van der Waals surface area contributed by atoms with Crippen molar-refractivity contribution in [2.45, 2.75) is 44.2 Å². The number of anilines is 1. The monoisotopic (exact) mass is 329 g/mol. The summed E-state index contributed by atoms with van der Waals surface area (Å²) in [4.78, 5) is 24.1. The minimum Gasteiger partial charge on any atom is -0.482 e. The molecule has 0 radical (unpaired) electrons. The second-order valence-electron chi connectivity index (χ2n) is 7.23. The van der Waals surface area contributed by atoms with E-state index in [1.54, 1.807) is 18.2 Å². The van der Waals surface area contributed by atoms with E-state index in [2.05, 4.69) is 10.6 Å². The van der Waals surface area contributed by atoms with Gasteiger partial charge in [0.2, 0.25) is 0 Å². The van der Waals surface area contributed by atoms with E-state index in [0.29, 0.717) is 28.8 Å². The molecule has 24 heavy (non-hydrogen) atoms. The third kappa shape index (κ3) is 2.86. The van der Waals surface area contributed by atoms with Crippen LogP contribution >= 0.6 is 0 Å². The van der Waals surface area contributed by atoms with Crippen LogP contribution in [0, 0.1) is 11.8 Å². The number of rotatable bonds is 2. The summed E-state index contributed by atoms with van der Waals surface area (Å²) < 4.78 is 5.34. The molecule has 2 bridgehead atoms. The van der Waals surface area contributed by atoms with Crippen molar-refractivity contribution >= 4 is 17.5 Å². The van der Waals surface area contributed by atoms with Crippen molar-refractivity contribution in [1.82, 2.24) is 5.32 Å². The molecule has 2 aliphatic carbocycles. The van der Waals surface area contributed by atoms with Gasteiger partial charge in [-0.1, -0.05) is 6.42 Å². The Morgan fingerprint density at radius 2 is 2.00 bits per heavy atom. The van der Waals surface area contributed by atoms with E-state index in [9.17, 15) is 9.59 Å². The lowest BCUT2D eigenvalue weighted by Crippen LogP contribution is -2.53. The number of hydrogen-bond donors (Lipinski definition) is 3. The minimum absolute atomic E-state index is 0.0181. The predicted octanol–water partition coefficient (Wildman–Crippen LogP) is 1.65. The molecule has 3 aliphatic rings. The molecule has 1 heterocycles. The van der Waals surface area contributed by atoms with Crippen molar-refractivity contribution in [1.29, 1.82) is 0 Å². The van der Waals surface area contributed by atoms with Gasteiger partial charge in [0, 0.05) is 17.6 Å². The maximum atomic E-state index is 12.7. The minimum atomic E-state index is -0.198. The van der Waals surface area contributed by atoms with Gasteiger partial charge in [-0.3, -0.25) is 9.59 Å². The Bertz CT molecular complexity index is 661. The smallest absolute Gasteiger partial charge is 0.262 e. The fraction of sp³-hybridized carbons (Fsp3) is 0.556. The number of carbonyl (C=O) groups is 2. The molecular formula is C18H23N3O3. The lowest BCUT2D eigenvalue weighted by Gasteiger charge is -2.45. The Labute approximate surface area is 141 Å². The van der Waals surface area contributed by atoms with Crippen LogP contribution in [-0.4, -0.2) is 30.5 Å². The van der Waals surface area contributed by atoms with Crippen LogP contribution in [0.4, 0.5) is 5.69 Å². The summed E-state index contributed by atoms with van der Waals surface area (Å²) in [7, 11) is 0. The van der Waals surface area contributed by atoms with Crippen molar-refractivity contribution in [3.63, 3.8) is 0 Å². The molecule has 128 valence electrons. The molecule has 4 N–H and O–H groups in total. The Kier molecular flexibility index (Phi) is 3.92. The number of hydrogen-bond acceptors (Lipinski definition) is 4. The van der Waals surface area contributed by atoms with Gasteiger partial charge in [0.25, 0.3) is 11.8 Å². The van der Waals surface area contributed by atoms with Gasteiger partial charge in [0.1, 0.15) is 5.75 Å². The number of carbonyl (C=O) groups excluding carboxylic acids is 2. The SMILES string of the molecule is NC1CC2CCCC(C1)C2NC(=O)c1ccc2c(c1)NC(=O)CO2. The molecule has 1 aromatic rings. The van der Waals surface area contributed by atoms with Gasteiger partial charge in [-0.15, -0.1) is 0 Å². The summed E-state index contributed by atoms with van der Waals surface area (Å²) in [5.41, 5.74) is 7.26. The normalized spacial score (nSPS) is 31.5. The molecule has 2 unspecified atom stereocenters. The van der Waals surface area contributed by atoms with Crippen LogP contribution in [0.2, 0.25) is 0 Å². The third-order valence-electron chi connectivity index (χ3n) is 5.55. The summed E-state index contributed by atoms with van der Waals surface area (Å²) in [6.07, 6.45) is 5.51. The summed E-state index contributed by atoms with van der Waals surface area (Å²) in [5, 5.41) is 5.97. The van der Waals surface area contributed by atoms with Gasteiger partial charge in [-0.2, -0.15) is 0 Å². The molecule has 1 aliphatic heterocycles. The highest BCUT2D eigenvalue weighted by Gasteiger charge is 2.40. The van der Waals surface area contributed by atoms with Crippen LogP contribution in [0.1, 0.15) is 42.5 Å². The Morgan fingerprint density at radius 1 is 1.25 bits per heavy atom. The van der Waals surface area contributed by atoms with Crippen LogP contribution in [0.5, 0.6) is 5.75 Å². The molecular weight excluding hydrogens is 306 g/mol. The summed E-state index contributed by atoms with van der Waals surface area (Å²) in [5.74, 6) is 1.28. The standard InChI is InChI=1S/C18H23N3O3/c19-13-6-10-2-1-3-11(7-13)17(10)21-18(23)12-4-5-15-14(8-12)20-16(22)9-24-15/h4-5,8,10-11,13,17H,1-3,6-7,9,19H2,(H,20,22)(H,21,23). The highest BCUT2D eigenvalue weighted by molar-refractivity contribution is 6.00. The van der Waals surface area contributed by atoms with Gasteiger partial charge in [-0.05, 0) is 55.7 Å². The van der Waals surface area contributed by atoms with Crippen molar-refractivity contribution in [2.24, 2.45) is 17.6 Å². The lowest BCUT2D eigenvalue weighted by atomic mass is 9.67. The number of amides is 2. The third-order valence-corrected chi connectivity index (χ3v) is 5.55. The zero-order valence-electron chi connectivity index (χ0n) is 13.6. The largest absolute Gasteiger partial charge is 0.482 e. The van der Waals surface area contributed by atoms with Crippen LogP contribution in [0.3, 0.4) is 0 Å². The van der Waals surface area contributed by atoms with E-state index in [-0.39, 0.29) is 30.5 Å². The van der Waals surface area contributed by atoms with Gasteiger partial charge in [0.15, 0.2) is 6.61 Å². The van der Waals surface area contributed by atoms with E-state index >= 15 is 0 Å². The van der Waals surface area contributed by atoms with Gasteiger partial charge in [-0.25, -0.2) is 0 Å². The van der Waals surface area contributed by atoms with Crippen LogP contribution < -0.4 is 21.1 Å². The average molecular weight is 329 g/mol. The first-order chi connectivity index (χ1) is 11.6. The topological polar surface area (TPSA) is 93.5 Å². The first-order valence-electron chi connectivity index (χ1n) is 8.73. The van der Waals surface area contributed by atoms with Crippen LogP contribution in [0.25, 0.3) is 0 Å². The second-order valence-corrected chi connectivity index (χ2v) is 7.23. The Hall–Kier alpha value is -2.08. The molecule has 0 spiro atoms. The van der Waals surface area contributed by atoms with E-state index in [0.717, 1.165) is 25.7 Å². The van der Waals surface area contributed by atoms with Crippen molar-refractivity contribution < 1.29 is 14.3 Å². The second kappa shape index (κ2) is 6.09. The first kappa shape index (κ1) is 15.4. The van der Waals surface area contributed by atoms with E-state index in [1.165, 1.54) is 6.42 Å². The molecule has 4 rings (SSSR count). The maximum absolute atomic E-state index is 12.7. The molecule has 2 fully saturated rings. The number of ether oxygens (including phenoxy) is 1. The number of benzene rings is 1. The number of nitrogens with one attached hydrogen (secondary N) is 2. The maximum Gasteiger partial charge on any atom is 0.262 e. The van der Waals surface area contributed by atoms with E-state index < -0.39 is 0 Å². The summed E-state index contributed by atoms with van der Waals surface area (Å²) in [6.45, 7) is 0.0181. The predicted molar refractivity (Wildman–Crippen MR) is 89.9 cm³/mol. The fourth-order valence-electron chi connectivity index (χ4n) is 4.48. The molecule has 6 heteroatoms. The van der Waals surface area contributed by atoms with E-state index in [1.807, 2.05) is 0 Å². The highest BCUT2D eigenvalue weighted by atomic mass is 16.5. The van der Waals surface area contributed by atoms with Crippen molar-refractivity contribution in [3.8, 4) is 5.75 Å². The van der Waals surface area contributed by atoms with Crippen molar-refractivity contribution in [3.05, 3.63) is 23.8 Å². The zero-order chi connectivity index (χ0) is 16.7. The van der Waals surface area contributed by atoms with Crippen molar-refractivity contribution in [2.75, 3.05) is 11.9 Å². The molecule has 6 nitrogen and oxygen atoms in total. The lowest BCUT2D eigenvalue weighted by molar-refractivity contribution is -0.118. The summed E-state index contributed by atoms with van der Waals surface area (Å²) >= 11 is 0. The highest BCUT2D eigenvalue weighted by Crippen LogP contribution is 2.40. The van der Waals surface area contributed by atoms with E-state index in [4.69, 9.17) is 10.5 Å². The van der Waals surface area contributed by atoms with Gasteiger partial charge >= 0.3 is 0 Å². The quantitative estimate of drug-likeness (QED) is 0.769. The first-order valence-corrected chi connectivity index (χ1v) is 8.73. The zero-order valence-corrected chi connectivity index (χ0v) is 13.6. The average Bonchev–Trinajstić information content (AvgIpc) is 2.55. The fourth-order valence-corrected chi connectivity index (χ4v) is 4.48. The van der Waals surface area contributed by atoms with Gasteiger partial charge < -0.3 is 21.1 Å². The Morgan fingerprint density at radius 3 is 2.75 bits per heavy atom. The molecule has 2 saturated carbocycles. The molecule has 1 aromatic carbocycles. The van der Waals surface area contributed by atoms with Crippen LogP contribution in [-0.2, 0) is 4.79 Å². The Balaban J connectivity index is 1.50. The van der Waals surface area contributed by atoms with Crippen LogP contribution in [0.15, 0.2) is 18.2 Å². The molecule has 0 saturated heterocycles. The number of fused-ring (bicyclic) bond motifs is 3. The summed E-state index contributed by atoms with van der Waals surface area (Å²) in [6, 6.07) is 5.65. The molecule has 2 atom stereocenters. The van der Waals surface area contributed by atoms with Gasteiger partial charge in [0.05, 0.1) is 5.69 Å². The molecule has 2 amide bonds. The number of nitrogens with two attached hydrogens (primary N) is 1.